The Morgan fingerprint density at radius 3 is 2.85 bits per heavy atom. The molecular weight excluding hydrogens is 254 g/mol. The second-order valence-electron chi connectivity index (χ2n) is 5.35. The van der Waals surface area contributed by atoms with Crippen LogP contribution in [0.15, 0.2) is 24.3 Å². The standard InChI is InChI=1S/C15H23N3O2/c16-12-3-1-4-13(11-12)17-15(20)5-2-8-18-9-6-14(19)7-10-18/h1,3-4,11,14,19H,2,5-10,16H2,(H,17,20). The normalized spacial score (nSPS) is 17.1. The molecule has 0 unspecified atom stereocenters. The van der Waals surface area contributed by atoms with Gasteiger partial charge in [-0.3, -0.25) is 4.79 Å². The van der Waals surface area contributed by atoms with Crippen molar-refractivity contribution in [2.45, 2.75) is 31.8 Å². The summed E-state index contributed by atoms with van der Waals surface area (Å²) in [6, 6.07) is 7.20. The summed E-state index contributed by atoms with van der Waals surface area (Å²) >= 11 is 0. The highest BCUT2D eigenvalue weighted by Crippen LogP contribution is 2.13. The number of aliphatic hydroxyl groups is 1. The van der Waals surface area contributed by atoms with Crippen molar-refractivity contribution in [3.8, 4) is 0 Å². The second kappa shape index (κ2) is 7.26. The average molecular weight is 277 g/mol. The maximum atomic E-state index is 11.8. The Morgan fingerprint density at radius 1 is 1.40 bits per heavy atom. The zero-order valence-electron chi connectivity index (χ0n) is 11.7. The Bertz CT molecular complexity index is 442. The molecule has 1 fully saturated rings. The zero-order chi connectivity index (χ0) is 14.4. The Balaban J connectivity index is 1.65. The minimum Gasteiger partial charge on any atom is -0.399 e. The third kappa shape index (κ3) is 4.83. The fourth-order valence-corrected chi connectivity index (χ4v) is 2.45. The van der Waals surface area contributed by atoms with Gasteiger partial charge in [-0.1, -0.05) is 6.07 Å². The number of aliphatic hydroxyl groups excluding tert-OH is 1. The van der Waals surface area contributed by atoms with Gasteiger partial charge >= 0.3 is 0 Å². The summed E-state index contributed by atoms with van der Waals surface area (Å²) in [6.45, 7) is 2.77. The molecule has 5 nitrogen and oxygen atoms in total. The molecule has 4 N–H and O–H groups in total. The van der Waals surface area contributed by atoms with Crippen molar-refractivity contribution in [1.82, 2.24) is 4.90 Å². The van der Waals surface area contributed by atoms with Gasteiger partial charge in [0.05, 0.1) is 6.10 Å². The van der Waals surface area contributed by atoms with Crippen molar-refractivity contribution in [1.29, 1.82) is 0 Å². The van der Waals surface area contributed by atoms with Gasteiger partial charge in [-0.25, -0.2) is 0 Å². The molecule has 5 heteroatoms. The zero-order valence-corrected chi connectivity index (χ0v) is 11.7. The number of carbonyl (C=O) groups excluding carboxylic acids is 1. The monoisotopic (exact) mass is 277 g/mol. The van der Waals surface area contributed by atoms with E-state index in [-0.39, 0.29) is 12.0 Å². The van der Waals surface area contributed by atoms with Crippen molar-refractivity contribution < 1.29 is 9.90 Å². The van der Waals surface area contributed by atoms with Crippen molar-refractivity contribution in [2.75, 3.05) is 30.7 Å². The van der Waals surface area contributed by atoms with Crippen LogP contribution in [0.5, 0.6) is 0 Å². The fourth-order valence-electron chi connectivity index (χ4n) is 2.45. The summed E-state index contributed by atoms with van der Waals surface area (Å²) in [5, 5.41) is 12.3. The van der Waals surface area contributed by atoms with Gasteiger partial charge in [0.25, 0.3) is 0 Å². The van der Waals surface area contributed by atoms with E-state index >= 15 is 0 Å². The molecule has 0 atom stereocenters. The first kappa shape index (κ1) is 14.8. The van der Waals surface area contributed by atoms with Crippen molar-refractivity contribution in [3.63, 3.8) is 0 Å². The summed E-state index contributed by atoms with van der Waals surface area (Å²) in [7, 11) is 0. The van der Waals surface area contributed by atoms with Gasteiger partial charge in [-0.15, -0.1) is 0 Å². The van der Waals surface area contributed by atoms with E-state index in [1.165, 1.54) is 0 Å². The van der Waals surface area contributed by atoms with Gasteiger partial charge < -0.3 is 21.1 Å². The molecule has 1 saturated heterocycles. The summed E-state index contributed by atoms with van der Waals surface area (Å²) in [5.74, 6) is 0.0210. The molecule has 1 aromatic rings. The number of amides is 1. The molecule has 1 amide bonds. The first-order valence-electron chi connectivity index (χ1n) is 7.19. The Kier molecular flexibility index (Phi) is 5.38. The summed E-state index contributed by atoms with van der Waals surface area (Å²) in [5.41, 5.74) is 7.06. The molecule has 1 heterocycles. The molecule has 0 aliphatic carbocycles. The number of hydrogen-bond acceptors (Lipinski definition) is 4. The lowest BCUT2D eigenvalue weighted by Crippen LogP contribution is -2.36. The quantitative estimate of drug-likeness (QED) is 0.712. The first-order valence-corrected chi connectivity index (χ1v) is 7.19. The minimum atomic E-state index is -0.141. The van der Waals surface area contributed by atoms with Crippen molar-refractivity contribution in [2.24, 2.45) is 0 Å². The van der Waals surface area contributed by atoms with Gasteiger partial charge in [0.2, 0.25) is 5.91 Å². The summed E-state index contributed by atoms with van der Waals surface area (Å²) in [6.07, 6.45) is 2.89. The third-order valence-electron chi connectivity index (χ3n) is 3.61. The molecule has 1 aliphatic rings. The molecule has 0 spiro atoms. The topological polar surface area (TPSA) is 78.6 Å². The van der Waals surface area contributed by atoms with Crippen LogP contribution < -0.4 is 11.1 Å². The van der Waals surface area contributed by atoms with Gasteiger partial charge in [0.1, 0.15) is 0 Å². The summed E-state index contributed by atoms with van der Waals surface area (Å²) in [4.78, 5) is 14.1. The van der Waals surface area contributed by atoms with Gasteiger partial charge in [-0.2, -0.15) is 0 Å². The van der Waals surface area contributed by atoms with E-state index in [0.717, 1.165) is 44.6 Å². The maximum absolute atomic E-state index is 11.8. The molecule has 1 aromatic carbocycles. The van der Waals surface area contributed by atoms with E-state index in [1.807, 2.05) is 12.1 Å². The predicted octanol–water partition coefficient (Wildman–Crippen LogP) is 1.44. The average Bonchev–Trinajstić information content (AvgIpc) is 2.41. The number of hydrogen-bond donors (Lipinski definition) is 3. The molecule has 20 heavy (non-hydrogen) atoms. The van der Waals surface area contributed by atoms with E-state index in [0.29, 0.717) is 12.1 Å². The van der Waals surface area contributed by atoms with Crippen LogP contribution in [0, 0.1) is 0 Å². The molecule has 2 rings (SSSR count). The number of nitrogens with zero attached hydrogens (tertiary/aromatic N) is 1. The highest BCUT2D eigenvalue weighted by atomic mass is 16.3. The Hall–Kier alpha value is -1.59. The number of anilines is 2. The number of piperidine rings is 1. The Labute approximate surface area is 119 Å². The number of nitrogens with two attached hydrogens (primary N) is 1. The molecule has 110 valence electrons. The van der Waals surface area contributed by atoms with E-state index in [1.54, 1.807) is 12.1 Å². The van der Waals surface area contributed by atoms with E-state index in [4.69, 9.17) is 5.73 Å². The molecule has 0 radical (unpaired) electrons. The summed E-state index contributed by atoms with van der Waals surface area (Å²) < 4.78 is 0. The SMILES string of the molecule is Nc1cccc(NC(=O)CCCN2CCC(O)CC2)c1. The number of benzene rings is 1. The number of carbonyl (C=O) groups is 1. The van der Waals surface area contributed by atoms with Gasteiger partial charge in [-0.05, 0) is 44.0 Å². The molecule has 0 aromatic heterocycles. The van der Waals surface area contributed by atoms with Crippen LogP contribution in [0.1, 0.15) is 25.7 Å². The lowest BCUT2D eigenvalue weighted by molar-refractivity contribution is -0.116. The number of rotatable bonds is 5. The molecule has 0 bridgehead atoms. The van der Waals surface area contributed by atoms with E-state index in [2.05, 4.69) is 10.2 Å². The van der Waals surface area contributed by atoms with Crippen LogP contribution >= 0.6 is 0 Å². The Morgan fingerprint density at radius 2 is 2.15 bits per heavy atom. The number of likely N-dealkylation sites (tertiary alicyclic amines) is 1. The van der Waals surface area contributed by atoms with Gasteiger partial charge in [0, 0.05) is 30.9 Å². The van der Waals surface area contributed by atoms with Gasteiger partial charge in [0.15, 0.2) is 0 Å². The van der Waals surface area contributed by atoms with Crippen LogP contribution in [0.25, 0.3) is 0 Å². The third-order valence-corrected chi connectivity index (χ3v) is 3.61. The van der Waals surface area contributed by atoms with E-state index < -0.39 is 0 Å². The predicted molar refractivity (Wildman–Crippen MR) is 80.4 cm³/mol. The van der Waals surface area contributed by atoms with Crippen LogP contribution in [-0.4, -0.2) is 41.7 Å². The van der Waals surface area contributed by atoms with Crippen molar-refractivity contribution >= 4 is 17.3 Å². The number of nitrogens with one attached hydrogen (secondary N) is 1. The van der Waals surface area contributed by atoms with E-state index in [9.17, 15) is 9.90 Å². The molecule has 0 saturated carbocycles. The van der Waals surface area contributed by atoms with Crippen LogP contribution in [-0.2, 0) is 4.79 Å². The molecular formula is C15H23N3O2. The smallest absolute Gasteiger partial charge is 0.224 e. The minimum absolute atomic E-state index is 0.0210. The lowest BCUT2D eigenvalue weighted by atomic mass is 10.1. The lowest BCUT2D eigenvalue weighted by Gasteiger charge is -2.29. The van der Waals surface area contributed by atoms with Crippen LogP contribution in [0.4, 0.5) is 11.4 Å². The van der Waals surface area contributed by atoms with Crippen LogP contribution in [0.3, 0.4) is 0 Å². The highest BCUT2D eigenvalue weighted by molar-refractivity contribution is 5.91. The second-order valence-corrected chi connectivity index (χ2v) is 5.35. The van der Waals surface area contributed by atoms with Crippen LogP contribution in [0.2, 0.25) is 0 Å². The van der Waals surface area contributed by atoms with Crippen molar-refractivity contribution in [3.05, 3.63) is 24.3 Å². The maximum Gasteiger partial charge on any atom is 0.224 e. The first-order chi connectivity index (χ1) is 9.63. The largest absolute Gasteiger partial charge is 0.399 e. The highest BCUT2D eigenvalue weighted by Gasteiger charge is 2.16. The molecule has 1 aliphatic heterocycles. The fraction of sp³-hybridized carbons (Fsp3) is 0.533. The number of nitrogen functional groups attached to an aromatic ring is 1.